The van der Waals surface area contributed by atoms with E-state index >= 15 is 0 Å². The second-order valence-electron chi connectivity index (χ2n) is 5.47. The maximum Gasteiger partial charge on any atom is 0.319 e. The van der Waals surface area contributed by atoms with Crippen molar-refractivity contribution in [3.8, 4) is 0 Å². The topological polar surface area (TPSA) is 98.1 Å². The maximum atomic E-state index is 11.8. The summed E-state index contributed by atoms with van der Waals surface area (Å²) in [6, 6.07) is 1.42. The molecule has 0 atom stereocenters. The molecular weight excluding hydrogens is 298 g/mol. The van der Waals surface area contributed by atoms with E-state index in [9.17, 15) is 9.59 Å². The molecular formula is C15H21N5O3. The van der Waals surface area contributed by atoms with Crippen LogP contribution in [0.15, 0.2) is 12.3 Å². The number of fused-ring (bicyclic) bond motifs is 1. The maximum absolute atomic E-state index is 11.8. The number of carbonyl (C=O) groups is 2. The number of nitrogens with zero attached hydrogens (tertiary/aromatic N) is 3. The number of carbonyl (C=O) groups excluding carboxylic acids is 2. The SMILES string of the molecule is Cc1nn(C)c2ncc(NC(=O)NCCC(=O)OC(C)C)cc12. The number of esters is 1. The number of aryl methyl sites for hydroxylation is 2. The van der Waals surface area contributed by atoms with E-state index in [1.165, 1.54) is 0 Å². The van der Waals surface area contributed by atoms with Crippen molar-refractivity contribution >= 4 is 28.7 Å². The van der Waals surface area contributed by atoms with Crippen LogP contribution in [0.2, 0.25) is 0 Å². The standard InChI is InChI=1S/C15H21N5O3/c1-9(2)23-13(21)5-6-16-15(22)18-11-7-12-10(3)19-20(4)14(12)17-8-11/h7-9H,5-6H2,1-4H3,(H2,16,18,22). The first kappa shape index (κ1) is 16.7. The lowest BCUT2D eigenvalue weighted by atomic mass is 10.2. The number of urea groups is 1. The highest BCUT2D eigenvalue weighted by Gasteiger charge is 2.10. The fourth-order valence-corrected chi connectivity index (χ4v) is 2.15. The molecule has 2 aromatic heterocycles. The Bertz CT molecular complexity index is 723. The summed E-state index contributed by atoms with van der Waals surface area (Å²) in [4.78, 5) is 27.5. The van der Waals surface area contributed by atoms with Gasteiger partial charge in [-0.15, -0.1) is 0 Å². The zero-order valence-electron chi connectivity index (χ0n) is 13.7. The Morgan fingerprint density at radius 1 is 1.39 bits per heavy atom. The van der Waals surface area contributed by atoms with Gasteiger partial charge in [0, 0.05) is 19.0 Å². The molecule has 2 heterocycles. The van der Waals surface area contributed by atoms with Gasteiger partial charge in [-0.25, -0.2) is 9.78 Å². The summed E-state index contributed by atoms with van der Waals surface area (Å²) in [5, 5.41) is 10.4. The Labute approximate surface area is 134 Å². The molecule has 0 saturated carbocycles. The number of amides is 2. The molecule has 2 amide bonds. The van der Waals surface area contributed by atoms with Crippen molar-refractivity contribution in [2.75, 3.05) is 11.9 Å². The lowest BCUT2D eigenvalue weighted by Gasteiger charge is -2.09. The number of rotatable bonds is 5. The zero-order valence-corrected chi connectivity index (χ0v) is 13.7. The Morgan fingerprint density at radius 2 is 2.13 bits per heavy atom. The molecule has 0 aliphatic rings. The molecule has 124 valence electrons. The van der Waals surface area contributed by atoms with Gasteiger partial charge in [0.15, 0.2) is 5.65 Å². The Morgan fingerprint density at radius 3 is 2.83 bits per heavy atom. The average Bonchev–Trinajstić information content (AvgIpc) is 2.73. The summed E-state index contributed by atoms with van der Waals surface area (Å²) in [6.07, 6.45) is 1.54. The minimum Gasteiger partial charge on any atom is -0.463 e. The molecule has 0 bridgehead atoms. The van der Waals surface area contributed by atoms with Crippen molar-refractivity contribution in [2.45, 2.75) is 33.3 Å². The van der Waals surface area contributed by atoms with Gasteiger partial charge in [-0.05, 0) is 26.8 Å². The monoisotopic (exact) mass is 319 g/mol. The van der Waals surface area contributed by atoms with E-state index < -0.39 is 6.03 Å². The first-order chi connectivity index (χ1) is 10.9. The van der Waals surface area contributed by atoms with Crippen molar-refractivity contribution in [3.63, 3.8) is 0 Å². The number of nitrogens with one attached hydrogen (secondary N) is 2. The van der Waals surface area contributed by atoms with Crippen molar-refractivity contribution in [1.82, 2.24) is 20.1 Å². The minimum absolute atomic E-state index is 0.130. The molecule has 2 N–H and O–H groups in total. The van der Waals surface area contributed by atoms with Gasteiger partial charge in [0.05, 0.1) is 30.1 Å². The number of pyridine rings is 1. The molecule has 8 heteroatoms. The largest absolute Gasteiger partial charge is 0.463 e. The average molecular weight is 319 g/mol. The van der Waals surface area contributed by atoms with Gasteiger partial charge < -0.3 is 15.4 Å². The first-order valence-corrected chi connectivity index (χ1v) is 7.40. The quantitative estimate of drug-likeness (QED) is 0.818. The summed E-state index contributed by atoms with van der Waals surface area (Å²) in [5.41, 5.74) is 2.16. The van der Waals surface area contributed by atoms with Crippen LogP contribution in [0.4, 0.5) is 10.5 Å². The summed E-state index contributed by atoms with van der Waals surface area (Å²) < 4.78 is 6.67. The molecule has 0 radical (unpaired) electrons. The Kier molecular flexibility index (Phi) is 5.15. The van der Waals surface area contributed by atoms with Crippen LogP contribution in [0.25, 0.3) is 11.0 Å². The molecule has 8 nitrogen and oxygen atoms in total. The molecule has 0 aliphatic heterocycles. The summed E-state index contributed by atoms with van der Waals surface area (Å²) >= 11 is 0. The van der Waals surface area contributed by atoms with Crippen LogP contribution in [0.3, 0.4) is 0 Å². The highest BCUT2D eigenvalue weighted by Crippen LogP contribution is 2.19. The molecule has 0 aromatic carbocycles. The molecule has 23 heavy (non-hydrogen) atoms. The van der Waals surface area contributed by atoms with Crippen LogP contribution in [0, 0.1) is 6.92 Å². The molecule has 0 aliphatic carbocycles. The minimum atomic E-state index is -0.398. The number of ether oxygens (including phenoxy) is 1. The van der Waals surface area contributed by atoms with Crippen molar-refractivity contribution in [2.24, 2.45) is 7.05 Å². The summed E-state index contributed by atoms with van der Waals surface area (Å²) in [7, 11) is 1.82. The Balaban J connectivity index is 1.88. The van der Waals surface area contributed by atoms with Crippen LogP contribution in [-0.4, -0.2) is 39.4 Å². The highest BCUT2D eigenvalue weighted by atomic mass is 16.5. The van der Waals surface area contributed by atoms with Gasteiger partial charge in [-0.1, -0.05) is 0 Å². The second-order valence-corrected chi connectivity index (χ2v) is 5.47. The third-order valence-corrected chi connectivity index (χ3v) is 3.10. The van der Waals surface area contributed by atoms with Gasteiger partial charge in [-0.2, -0.15) is 5.10 Å². The van der Waals surface area contributed by atoms with Crippen molar-refractivity contribution < 1.29 is 14.3 Å². The molecule has 0 saturated heterocycles. The third kappa shape index (κ3) is 4.41. The van der Waals surface area contributed by atoms with E-state index in [4.69, 9.17) is 4.74 Å². The second kappa shape index (κ2) is 7.08. The molecule has 0 spiro atoms. The van der Waals surface area contributed by atoms with E-state index in [-0.39, 0.29) is 25.0 Å². The fourth-order valence-electron chi connectivity index (χ4n) is 2.15. The lowest BCUT2D eigenvalue weighted by Crippen LogP contribution is -2.31. The molecule has 0 unspecified atom stereocenters. The summed E-state index contributed by atoms with van der Waals surface area (Å²) in [6.45, 7) is 5.65. The van der Waals surface area contributed by atoms with Crippen LogP contribution in [0.1, 0.15) is 26.0 Å². The first-order valence-electron chi connectivity index (χ1n) is 7.40. The van der Waals surface area contributed by atoms with Crippen LogP contribution >= 0.6 is 0 Å². The highest BCUT2D eigenvalue weighted by molar-refractivity contribution is 5.92. The zero-order chi connectivity index (χ0) is 17.0. The predicted molar refractivity (Wildman–Crippen MR) is 86.1 cm³/mol. The number of hydrogen-bond acceptors (Lipinski definition) is 5. The van der Waals surface area contributed by atoms with E-state index in [1.54, 1.807) is 24.7 Å². The third-order valence-electron chi connectivity index (χ3n) is 3.10. The van der Waals surface area contributed by atoms with E-state index in [1.807, 2.05) is 20.0 Å². The van der Waals surface area contributed by atoms with Gasteiger partial charge >= 0.3 is 12.0 Å². The smallest absolute Gasteiger partial charge is 0.319 e. The molecule has 0 fully saturated rings. The van der Waals surface area contributed by atoms with Crippen LogP contribution in [0.5, 0.6) is 0 Å². The van der Waals surface area contributed by atoms with Gasteiger partial charge in [-0.3, -0.25) is 9.48 Å². The fraction of sp³-hybridized carbons (Fsp3) is 0.467. The van der Waals surface area contributed by atoms with Crippen molar-refractivity contribution in [3.05, 3.63) is 18.0 Å². The van der Waals surface area contributed by atoms with Crippen molar-refractivity contribution in [1.29, 1.82) is 0 Å². The predicted octanol–water partition coefficient (Wildman–Crippen LogP) is 1.74. The van der Waals surface area contributed by atoms with Gasteiger partial charge in [0.2, 0.25) is 0 Å². The normalized spacial score (nSPS) is 10.8. The van der Waals surface area contributed by atoms with Gasteiger partial charge in [0.25, 0.3) is 0 Å². The van der Waals surface area contributed by atoms with E-state index in [0.717, 1.165) is 16.7 Å². The van der Waals surface area contributed by atoms with Gasteiger partial charge in [0.1, 0.15) is 0 Å². The number of aromatic nitrogens is 3. The number of anilines is 1. The van der Waals surface area contributed by atoms with E-state index in [0.29, 0.717) is 5.69 Å². The number of hydrogen-bond donors (Lipinski definition) is 2. The molecule has 2 rings (SSSR count). The summed E-state index contributed by atoms with van der Waals surface area (Å²) in [5.74, 6) is -0.339. The van der Waals surface area contributed by atoms with Crippen LogP contribution in [-0.2, 0) is 16.6 Å². The van der Waals surface area contributed by atoms with E-state index in [2.05, 4.69) is 20.7 Å². The molecule has 2 aromatic rings. The Hall–Kier alpha value is -2.64. The van der Waals surface area contributed by atoms with Crippen LogP contribution < -0.4 is 10.6 Å². The lowest BCUT2D eigenvalue weighted by molar-refractivity contribution is -0.147.